The monoisotopic (exact) mass is 568 g/mol. The molecule has 2 atom stereocenters. The predicted molar refractivity (Wildman–Crippen MR) is 150 cm³/mol. The minimum Gasteiger partial charge on any atom is -0.475 e. The molecule has 11 heteroatoms. The first-order valence-electron chi connectivity index (χ1n) is 14.0. The normalized spacial score (nSPS) is 21.4. The van der Waals surface area contributed by atoms with Crippen molar-refractivity contribution in [2.24, 2.45) is 0 Å². The van der Waals surface area contributed by atoms with Crippen molar-refractivity contribution < 1.29 is 22.7 Å². The maximum atomic E-state index is 13.9. The van der Waals surface area contributed by atoms with Crippen molar-refractivity contribution in [3.8, 4) is 11.9 Å². The van der Waals surface area contributed by atoms with Gasteiger partial charge in [0.15, 0.2) is 0 Å². The van der Waals surface area contributed by atoms with E-state index in [4.69, 9.17) is 9.72 Å². The van der Waals surface area contributed by atoms with Crippen molar-refractivity contribution >= 4 is 17.3 Å². The van der Waals surface area contributed by atoms with Crippen molar-refractivity contribution in [1.29, 1.82) is 5.26 Å². The molecule has 0 aliphatic carbocycles. The topological polar surface area (TPSA) is 75.9 Å². The molecule has 4 heterocycles. The van der Waals surface area contributed by atoms with Gasteiger partial charge in [0.1, 0.15) is 18.2 Å². The van der Waals surface area contributed by atoms with Crippen LogP contribution in [0.5, 0.6) is 5.88 Å². The third kappa shape index (κ3) is 5.71. The van der Waals surface area contributed by atoms with E-state index in [1.807, 2.05) is 14.0 Å². The minimum absolute atomic E-state index is 0.110. The Morgan fingerprint density at radius 2 is 2.00 bits per heavy atom. The molecule has 0 saturated carbocycles. The van der Waals surface area contributed by atoms with Gasteiger partial charge in [0, 0.05) is 49.5 Å². The molecular weight excluding hydrogens is 533 g/mol. The van der Waals surface area contributed by atoms with Crippen LogP contribution in [-0.2, 0) is 23.9 Å². The zero-order valence-electron chi connectivity index (χ0n) is 23.5. The van der Waals surface area contributed by atoms with E-state index < -0.39 is 11.7 Å². The second kappa shape index (κ2) is 11.6. The largest absolute Gasteiger partial charge is 0.475 e. The molecule has 1 aromatic carbocycles. The zero-order chi connectivity index (χ0) is 29.3. The summed E-state index contributed by atoms with van der Waals surface area (Å²) in [6.45, 7) is 8.86. The molecule has 0 radical (unpaired) electrons. The number of fused-ring (bicyclic) bond motifs is 1. The number of aromatic nitrogens is 1. The molecule has 3 aliphatic rings. The SMILES string of the molecule is C=CC(=O)N1CCN(c2c(C#N)c(OCC3CCCN3C)nc3c2CCN(c2ccccc2C(F)(F)F)C3)CC1C. The van der Waals surface area contributed by atoms with Gasteiger partial charge in [-0.15, -0.1) is 0 Å². The highest BCUT2D eigenvalue weighted by Gasteiger charge is 2.37. The molecule has 5 rings (SSSR count). The Bertz CT molecular complexity index is 1360. The summed E-state index contributed by atoms with van der Waals surface area (Å²) in [7, 11) is 2.04. The quantitative estimate of drug-likeness (QED) is 0.483. The molecule has 0 N–H and O–H groups in total. The lowest BCUT2D eigenvalue weighted by molar-refractivity contribution is -0.137. The lowest BCUT2D eigenvalue weighted by Crippen LogP contribution is -2.54. The molecule has 1 amide bonds. The summed E-state index contributed by atoms with van der Waals surface area (Å²) in [6, 6.07) is 7.99. The van der Waals surface area contributed by atoms with E-state index in [2.05, 4.69) is 22.4 Å². The smallest absolute Gasteiger partial charge is 0.418 e. The van der Waals surface area contributed by atoms with E-state index in [1.54, 1.807) is 15.9 Å². The van der Waals surface area contributed by atoms with Crippen LogP contribution >= 0.6 is 0 Å². The second-order valence-electron chi connectivity index (χ2n) is 11.0. The summed E-state index contributed by atoms with van der Waals surface area (Å²) >= 11 is 0. The van der Waals surface area contributed by atoms with Gasteiger partial charge in [-0.2, -0.15) is 18.4 Å². The molecule has 1 aromatic heterocycles. The number of nitrogens with zero attached hydrogens (tertiary/aromatic N) is 6. The fourth-order valence-corrected chi connectivity index (χ4v) is 6.25. The van der Waals surface area contributed by atoms with Crippen LogP contribution in [-0.4, -0.2) is 79.2 Å². The van der Waals surface area contributed by atoms with E-state index in [-0.39, 0.29) is 36.1 Å². The number of piperazine rings is 1. The first-order valence-corrected chi connectivity index (χ1v) is 14.0. The van der Waals surface area contributed by atoms with Crippen LogP contribution in [0.3, 0.4) is 0 Å². The number of halogens is 3. The number of amides is 1. The number of carbonyl (C=O) groups is 1. The average molecular weight is 569 g/mol. The molecule has 2 unspecified atom stereocenters. The van der Waals surface area contributed by atoms with Gasteiger partial charge in [0.05, 0.1) is 23.5 Å². The third-order valence-electron chi connectivity index (χ3n) is 8.44. The van der Waals surface area contributed by atoms with Gasteiger partial charge in [0.2, 0.25) is 11.8 Å². The Morgan fingerprint density at radius 1 is 1.22 bits per heavy atom. The number of likely N-dealkylation sites (tertiary alicyclic amines) is 1. The minimum atomic E-state index is -4.49. The molecule has 2 aromatic rings. The maximum absolute atomic E-state index is 13.9. The molecule has 3 aliphatic heterocycles. The Kier molecular flexibility index (Phi) is 8.13. The van der Waals surface area contributed by atoms with Gasteiger partial charge in [-0.25, -0.2) is 4.98 Å². The maximum Gasteiger partial charge on any atom is 0.418 e. The van der Waals surface area contributed by atoms with Gasteiger partial charge < -0.3 is 24.3 Å². The number of nitriles is 1. The highest BCUT2D eigenvalue weighted by atomic mass is 19.4. The van der Waals surface area contributed by atoms with Crippen LogP contribution in [0.25, 0.3) is 0 Å². The van der Waals surface area contributed by atoms with Crippen LogP contribution in [0.1, 0.15) is 42.1 Å². The number of para-hydroxylation sites is 1. The standard InChI is InChI=1S/C30H35F3N6O2/c1-4-27(40)39-15-14-38(17-20(39)2)28-22-11-13-37(26-10-6-5-9-24(26)30(31,32)33)18-25(22)35-29(23(28)16-34)41-19-21-8-7-12-36(21)3/h4-6,9-10,20-21H,1,7-8,11-15,17-19H2,2-3H3. The van der Waals surface area contributed by atoms with Gasteiger partial charge in [-0.1, -0.05) is 18.7 Å². The Morgan fingerprint density at radius 3 is 2.66 bits per heavy atom. The van der Waals surface area contributed by atoms with Crippen LogP contribution < -0.4 is 14.5 Å². The number of anilines is 2. The molecule has 41 heavy (non-hydrogen) atoms. The second-order valence-corrected chi connectivity index (χ2v) is 11.0. The number of hydrogen-bond donors (Lipinski definition) is 0. The summed E-state index contributed by atoms with van der Waals surface area (Å²) in [5.74, 6) is 0.0721. The highest BCUT2D eigenvalue weighted by molar-refractivity contribution is 5.87. The summed E-state index contributed by atoms with van der Waals surface area (Å²) in [5.41, 5.74) is 1.93. The molecular formula is C30H35F3N6O2. The van der Waals surface area contributed by atoms with E-state index in [0.717, 1.165) is 31.0 Å². The van der Waals surface area contributed by atoms with Crippen LogP contribution in [0, 0.1) is 11.3 Å². The van der Waals surface area contributed by atoms with Crippen molar-refractivity contribution in [1.82, 2.24) is 14.8 Å². The summed E-state index contributed by atoms with van der Waals surface area (Å²) in [4.78, 5) is 24.9. The van der Waals surface area contributed by atoms with Gasteiger partial charge >= 0.3 is 6.18 Å². The third-order valence-corrected chi connectivity index (χ3v) is 8.44. The number of benzene rings is 1. The van der Waals surface area contributed by atoms with Gasteiger partial charge in [-0.3, -0.25) is 4.79 Å². The number of hydrogen-bond acceptors (Lipinski definition) is 7. The fourth-order valence-electron chi connectivity index (χ4n) is 6.25. The number of rotatable bonds is 6. The zero-order valence-corrected chi connectivity index (χ0v) is 23.5. The summed E-state index contributed by atoms with van der Waals surface area (Å²) in [5, 5.41) is 10.4. The molecule has 2 fully saturated rings. The summed E-state index contributed by atoms with van der Waals surface area (Å²) < 4.78 is 47.8. The van der Waals surface area contributed by atoms with E-state index in [1.165, 1.54) is 18.2 Å². The molecule has 218 valence electrons. The van der Waals surface area contributed by atoms with E-state index >= 15 is 0 Å². The number of alkyl halides is 3. The lowest BCUT2D eigenvalue weighted by atomic mass is 9.96. The summed E-state index contributed by atoms with van der Waals surface area (Å²) in [6.07, 6.45) is -0.710. The predicted octanol–water partition coefficient (Wildman–Crippen LogP) is 4.23. The van der Waals surface area contributed by atoms with Gasteiger partial charge in [-0.05, 0) is 58.0 Å². The van der Waals surface area contributed by atoms with Crippen molar-refractivity contribution in [2.45, 2.75) is 51.0 Å². The van der Waals surface area contributed by atoms with Crippen LogP contribution in [0.4, 0.5) is 24.5 Å². The Balaban J connectivity index is 1.53. The van der Waals surface area contributed by atoms with E-state index in [0.29, 0.717) is 56.2 Å². The van der Waals surface area contributed by atoms with E-state index in [9.17, 15) is 23.2 Å². The molecule has 0 bridgehead atoms. The molecule has 2 saturated heterocycles. The Labute approximate surface area is 238 Å². The highest BCUT2D eigenvalue weighted by Crippen LogP contribution is 2.41. The van der Waals surface area contributed by atoms with Crippen molar-refractivity contribution in [2.75, 3.05) is 56.2 Å². The first-order chi connectivity index (χ1) is 19.6. The first kappa shape index (κ1) is 28.7. The van der Waals surface area contributed by atoms with Crippen molar-refractivity contribution in [3.05, 3.63) is 59.3 Å². The molecule has 0 spiro atoms. The van der Waals surface area contributed by atoms with Gasteiger partial charge in [0.25, 0.3) is 0 Å². The number of likely N-dealkylation sites (N-methyl/N-ethyl adjacent to an activating group) is 1. The Hall–Kier alpha value is -3.78. The van der Waals surface area contributed by atoms with Crippen LogP contribution in [0.2, 0.25) is 0 Å². The van der Waals surface area contributed by atoms with Crippen LogP contribution in [0.15, 0.2) is 36.9 Å². The number of pyridine rings is 1. The molecule has 8 nitrogen and oxygen atoms in total. The number of carbonyl (C=O) groups excluding carboxylic acids is 1. The fraction of sp³-hybridized carbons (Fsp3) is 0.500. The van der Waals surface area contributed by atoms with Crippen molar-refractivity contribution in [3.63, 3.8) is 0 Å². The average Bonchev–Trinajstić information content (AvgIpc) is 3.38. The number of ether oxygens (including phenoxy) is 1. The lowest BCUT2D eigenvalue weighted by Gasteiger charge is -2.42.